The highest BCUT2D eigenvalue weighted by molar-refractivity contribution is 5.77. The first-order valence-corrected chi connectivity index (χ1v) is 9.48. The van der Waals surface area contributed by atoms with Gasteiger partial charge in [-0.15, -0.1) is 0 Å². The zero-order valence-corrected chi connectivity index (χ0v) is 16.6. The van der Waals surface area contributed by atoms with Crippen molar-refractivity contribution in [1.82, 2.24) is 19.7 Å². The maximum absolute atomic E-state index is 12.7. The molecule has 0 bridgehead atoms. The quantitative estimate of drug-likeness (QED) is 0.603. The predicted octanol–water partition coefficient (Wildman–Crippen LogP) is 2.61. The van der Waals surface area contributed by atoms with Gasteiger partial charge in [-0.05, 0) is 12.8 Å². The summed E-state index contributed by atoms with van der Waals surface area (Å²) in [7, 11) is 0. The third-order valence-corrected chi connectivity index (χ3v) is 4.50. The molecule has 8 nitrogen and oxygen atoms in total. The van der Waals surface area contributed by atoms with E-state index < -0.39 is 0 Å². The monoisotopic (exact) mass is 388 g/mol. The van der Waals surface area contributed by atoms with Crippen LogP contribution in [0.25, 0.3) is 11.4 Å². The van der Waals surface area contributed by atoms with Gasteiger partial charge < -0.3 is 14.7 Å². The van der Waals surface area contributed by atoms with Crippen molar-refractivity contribution in [3.05, 3.63) is 36.2 Å². The molecule has 3 rings (SSSR count). The average Bonchev–Trinajstić information content (AvgIpc) is 3.12. The van der Waals surface area contributed by atoms with Gasteiger partial charge in [0.1, 0.15) is 0 Å². The number of rotatable bonds is 6. The third kappa shape index (κ3) is 5.16. The summed E-state index contributed by atoms with van der Waals surface area (Å²) < 4.78 is 7.30. The summed E-state index contributed by atoms with van der Waals surface area (Å²) in [5.41, 5.74) is 1.00. The summed E-state index contributed by atoms with van der Waals surface area (Å²) in [6.45, 7) is 8.39. The lowest BCUT2D eigenvalue weighted by atomic mass is 9.99. The fraction of sp³-hybridized carbons (Fsp3) is 0.500. The smallest absolute Gasteiger partial charge is 0.290 e. The van der Waals surface area contributed by atoms with Gasteiger partial charge in [0.25, 0.3) is 6.47 Å². The Bertz CT molecular complexity index is 761. The summed E-state index contributed by atoms with van der Waals surface area (Å²) in [5, 5.41) is 11.6. The molecule has 1 atom stereocenters. The molecule has 1 aliphatic heterocycles. The van der Waals surface area contributed by atoms with Crippen LogP contribution in [0.4, 0.5) is 0 Å². The van der Waals surface area contributed by atoms with E-state index in [0.717, 1.165) is 17.2 Å². The van der Waals surface area contributed by atoms with Crippen molar-refractivity contribution in [1.29, 1.82) is 0 Å². The first kappa shape index (κ1) is 21.6. The van der Waals surface area contributed by atoms with Crippen molar-refractivity contribution in [3.8, 4) is 11.4 Å². The zero-order valence-electron chi connectivity index (χ0n) is 16.6. The van der Waals surface area contributed by atoms with Crippen LogP contribution in [0.5, 0.6) is 0 Å². The molecule has 0 saturated heterocycles. The van der Waals surface area contributed by atoms with Gasteiger partial charge in [0, 0.05) is 18.7 Å². The fourth-order valence-electron chi connectivity index (χ4n) is 3.31. The van der Waals surface area contributed by atoms with Crippen LogP contribution < -0.4 is 0 Å². The molecule has 0 saturated carbocycles. The number of carboxylic acid groups (broad SMARTS) is 1. The van der Waals surface area contributed by atoms with Gasteiger partial charge in [-0.3, -0.25) is 9.59 Å². The third-order valence-electron chi connectivity index (χ3n) is 4.50. The Hall–Kier alpha value is -2.74. The van der Waals surface area contributed by atoms with Crippen LogP contribution >= 0.6 is 0 Å². The predicted molar refractivity (Wildman–Crippen MR) is 105 cm³/mol. The van der Waals surface area contributed by atoms with Crippen LogP contribution in [0.2, 0.25) is 0 Å². The average molecular weight is 388 g/mol. The van der Waals surface area contributed by atoms with Crippen molar-refractivity contribution >= 4 is 12.4 Å². The van der Waals surface area contributed by atoms with Gasteiger partial charge in [0.2, 0.25) is 5.91 Å². The van der Waals surface area contributed by atoms with E-state index in [9.17, 15) is 4.79 Å². The van der Waals surface area contributed by atoms with Crippen molar-refractivity contribution in [2.45, 2.75) is 39.8 Å². The minimum Gasteiger partial charge on any atom is -0.483 e. The molecule has 0 aliphatic carbocycles. The number of hydrogen-bond acceptors (Lipinski definition) is 5. The van der Waals surface area contributed by atoms with Crippen LogP contribution in [0, 0.1) is 5.92 Å². The number of nitrogens with zero attached hydrogens (tertiary/aromatic N) is 4. The summed E-state index contributed by atoms with van der Waals surface area (Å²) in [4.78, 5) is 27.8. The lowest BCUT2D eigenvalue weighted by Crippen LogP contribution is -2.44. The second-order valence-electron chi connectivity index (χ2n) is 6.71. The number of carbonyl (C=O) groups is 2. The molecule has 8 heteroatoms. The second-order valence-corrected chi connectivity index (χ2v) is 6.71. The molecule has 1 aromatic carbocycles. The normalized spacial score (nSPS) is 15.6. The van der Waals surface area contributed by atoms with Gasteiger partial charge in [-0.1, -0.05) is 44.2 Å². The Morgan fingerprint density at radius 1 is 1.32 bits per heavy atom. The van der Waals surface area contributed by atoms with Crippen LogP contribution in [0.15, 0.2) is 30.3 Å². The number of benzene rings is 1. The highest BCUT2D eigenvalue weighted by atomic mass is 16.5. The zero-order chi connectivity index (χ0) is 20.5. The van der Waals surface area contributed by atoms with E-state index >= 15 is 0 Å². The van der Waals surface area contributed by atoms with Crippen LogP contribution in [-0.2, 0) is 20.9 Å². The molecule has 2 aromatic rings. The van der Waals surface area contributed by atoms with Crippen molar-refractivity contribution in [3.63, 3.8) is 0 Å². The first-order chi connectivity index (χ1) is 13.5. The lowest BCUT2D eigenvalue weighted by Gasteiger charge is -2.37. The summed E-state index contributed by atoms with van der Waals surface area (Å²) >= 11 is 0. The van der Waals surface area contributed by atoms with Crippen LogP contribution in [0.3, 0.4) is 0 Å². The Morgan fingerprint density at radius 2 is 2.00 bits per heavy atom. The van der Waals surface area contributed by atoms with Gasteiger partial charge in [0.15, 0.2) is 11.6 Å². The Morgan fingerprint density at radius 3 is 2.61 bits per heavy atom. The molecule has 1 aromatic heterocycles. The topological polar surface area (TPSA) is 97.5 Å². The molecule has 0 fully saturated rings. The molecular weight excluding hydrogens is 360 g/mol. The molecule has 0 spiro atoms. The number of aromatic nitrogens is 3. The van der Waals surface area contributed by atoms with Crippen LogP contribution in [0.1, 0.15) is 39.1 Å². The van der Waals surface area contributed by atoms with Crippen LogP contribution in [-0.4, -0.2) is 56.9 Å². The number of carbonyl (C=O) groups excluding carboxylic acids is 1. The Labute approximate surface area is 165 Å². The Balaban J connectivity index is 0.000000878. The van der Waals surface area contributed by atoms with Crippen molar-refractivity contribution in [2.24, 2.45) is 5.92 Å². The number of hydrogen-bond donors (Lipinski definition) is 1. The maximum Gasteiger partial charge on any atom is 0.290 e. The van der Waals surface area contributed by atoms with Crippen molar-refractivity contribution < 1.29 is 19.4 Å². The maximum atomic E-state index is 12.7. The number of amides is 1. The lowest BCUT2D eigenvalue weighted by molar-refractivity contribution is -0.137. The standard InChI is InChI=1S/C19H26N4O2.CH2O2/c1-4-25-13-10-16(24)22-11-12-23-19(17(22)14(2)3)20-18(21-23)15-8-6-5-7-9-15;2-1-3/h5-9,14,17H,4,10-13H2,1-3H3;1H,(H,2,3)/t17-;/m0./s1. The largest absolute Gasteiger partial charge is 0.483 e. The molecule has 28 heavy (non-hydrogen) atoms. The van der Waals surface area contributed by atoms with E-state index in [2.05, 4.69) is 18.9 Å². The fourth-order valence-corrected chi connectivity index (χ4v) is 3.31. The molecule has 0 radical (unpaired) electrons. The molecular formula is C20H28N4O4. The minimum atomic E-state index is -0.250. The van der Waals surface area contributed by atoms with Gasteiger partial charge in [-0.2, -0.15) is 5.10 Å². The van der Waals surface area contributed by atoms with E-state index in [1.54, 1.807) is 0 Å². The molecule has 2 heterocycles. The SMILES string of the molecule is CCOCCC(=O)N1CCn2nc(-c3ccccc3)nc2[C@@H]1C(C)C.O=CO. The second kappa shape index (κ2) is 10.6. The van der Waals surface area contributed by atoms with E-state index in [-0.39, 0.29) is 24.3 Å². The van der Waals surface area contributed by atoms with E-state index in [1.807, 2.05) is 46.8 Å². The highest BCUT2D eigenvalue weighted by Gasteiger charge is 2.35. The molecule has 1 amide bonds. The van der Waals surface area contributed by atoms with E-state index in [4.69, 9.17) is 19.6 Å². The molecule has 152 valence electrons. The van der Waals surface area contributed by atoms with Gasteiger partial charge in [0.05, 0.1) is 25.6 Å². The summed E-state index contributed by atoms with van der Waals surface area (Å²) in [5.74, 6) is 2.00. The number of ether oxygens (including phenoxy) is 1. The highest BCUT2D eigenvalue weighted by Crippen LogP contribution is 2.32. The minimum absolute atomic E-state index is 0.0483. The molecule has 1 N–H and O–H groups in total. The molecule has 0 unspecified atom stereocenters. The Kier molecular flexibility index (Phi) is 8.13. The van der Waals surface area contributed by atoms with Gasteiger partial charge >= 0.3 is 0 Å². The number of fused-ring (bicyclic) bond motifs is 1. The molecule has 1 aliphatic rings. The first-order valence-electron chi connectivity index (χ1n) is 9.48. The summed E-state index contributed by atoms with van der Waals surface area (Å²) in [6.07, 6.45) is 0.413. The van der Waals surface area contributed by atoms with E-state index in [1.165, 1.54) is 0 Å². The van der Waals surface area contributed by atoms with E-state index in [0.29, 0.717) is 32.7 Å². The van der Waals surface area contributed by atoms with Gasteiger partial charge in [-0.25, -0.2) is 9.67 Å². The van der Waals surface area contributed by atoms with Crippen molar-refractivity contribution in [2.75, 3.05) is 19.8 Å². The summed E-state index contributed by atoms with van der Waals surface area (Å²) in [6, 6.07) is 9.92.